The molecule has 0 fully saturated rings. The van der Waals surface area contributed by atoms with Crippen molar-refractivity contribution in [2.24, 2.45) is 0 Å². The van der Waals surface area contributed by atoms with Gasteiger partial charge < -0.3 is 9.84 Å². The molecule has 0 aliphatic rings. The van der Waals surface area contributed by atoms with Crippen LogP contribution in [0, 0.1) is 11.6 Å². The maximum Gasteiger partial charge on any atom is 0.190 e. The lowest BCUT2D eigenvalue weighted by molar-refractivity contribution is 0.300. The molecule has 0 aromatic heterocycles. The van der Waals surface area contributed by atoms with E-state index < -0.39 is 23.1 Å². The van der Waals surface area contributed by atoms with Crippen molar-refractivity contribution in [3.8, 4) is 11.5 Å². The van der Waals surface area contributed by atoms with E-state index in [1.165, 1.54) is 0 Å². The number of hydrogen-bond acceptors (Lipinski definition) is 2. The highest BCUT2D eigenvalue weighted by Crippen LogP contribution is 2.25. The molecule has 0 unspecified atom stereocenters. The molecule has 0 aliphatic heterocycles. The van der Waals surface area contributed by atoms with Crippen molar-refractivity contribution in [1.82, 2.24) is 0 Å². The van der Waals surface area contributed by atoms with E-state index in [1.807, 2.05) is 0 Å². The van der Waals surface area contributed by atoms with Crippen molar-refractivity contribution in [2.45, 2.75) is 6.92 Å². The lowest BCUT2D eigenvalue weighted by Crippen LogP contribution is -1.97. The molecule has 0 heterocycles. The van der Waals surface area contributed by atoms with Gasteiger partial charge in [-0.2, -0.15) is 0 Å². The minimum atomic E-state index is -0.894. The van der Waals surface area contributed by atoms with Gasteiger partial charge in [-0.1, -0.05) is 0 Å². The zero-order chi connectivity index (χ0) is 9.14. The Balaban J connectivity index is 3.10. The van der Waals surface area contributed by atoms with Gasteiger partial charge in [0.1, 0.15) is 5.75 Å². The molecule has 66 valence electrons. The van der Waals surface area contributed by atoms with E-state index in [9.17, 15) is 8.78 Å². The lowest BCUT2D eigenvalue weighted by Gasteiger charge is -2.05. The van der Waals surface area contributed by atoms with Crippen molar-refractivity contribution in [2.75, 3.05) is 6.61 Å². The van der Waals surface area contributed by atoms with Gasteiger partial charge in [0.2, 0.25) is 0 Å². The molecule has 12 heavy (non-hydrogen) atoms. The lowest BCUT2D eigenvalue weighted by atomic mass is 10.3. The minimum absolute atomic E-state index is 0.179. The third-order valence-electron chi connectivity index (χ3n) is 1.27. The number of aromatic hydroxyl groups is 1. The van der Waals surface area contributed by atoms with Crippen LogP contribution < -0.4 is 4.74 Å². The fraction of sp³-hybridized carbons (Fsp3) is 0.250. The maximum atomic E-state index is 12.8. The molecule has 1 rings (SSSR count). The quantitative estimate of drug-likeness (QED) is 0.743. The van der Waals surface area contributed by atoms with Crippen molar-refractivity contribution in [1.29, 1.82) is 0 Å². The first-order chi connectivity index (χ1) is 5.65. The summed E-state index contributed by atoms with van der Waals surface area (Å²) in [5, 5.41) is 8.75. The van der Waals surface area contributed by atoms with Crippen molar-refractivity contribution >= 4 is 0 Å². The van der Waals surface area contributed by atoms with Crippen molar-refractivity contribution in [3.05, 3.63) is 23.8 Å². The molecule has 4 heteroatoms. The van der Waals surface area contributed by atoms with E-state index in [0.29, 0.717) is 0 Å². The summed E-state index contributed by atoms with van der Waals surface area (Å²) >= 11 is 0. The van der Waals surface area contributed by atoms with E-state index in [2.05, 4.69) is 4.74 Å². The molecular formula is C8H8F2O2. The van der Waals surface area contributed by atoms with Crippen molar-refractivity contribution in [3.63, 3.8) is 0 Å². The summed E-state index contributed by atoms with van der Waals surface area (Å²) in [6, 6.07) is 1.60. The third kappa shape index (κ3) is 1.64. The first-order valence-corrected chi connectivity index (χ1v) is 3.46. The first-order valence-electron chi connectivity index (χ1n) is 3.46. The molecule has 0 radical (unpaired) electrons. The largest absolute Gasteiger partial charge is 0.508 e. The summed E-state index contributed by atoms with van der Waals surface area (Å²) in [5.74, 6) is -2.69. The highest BCUT2D eigenvalue weighted by molar-refractivity contribution is 5.33. The molecule has 0 saturated carbocycles. The van der Waals surface area contributed by atoms with Crippen LogP contribution in [0.2, 0.25) is 0 Å². The SMILES string of the molecule is CCOc1c(F)cc(O)cc1F. The zero-order valence-corrected chi connectivity index (χ0v) is 6.47. The van der Waals surface area contributed by atoms with Gasteiger partial charge in [-0.25, -0.2) is 8.78 Å². The maximum absolute atomic E-state index is 12.8. The summed E-state index contributed by atoms with van der Waals surface area (Å²) < 4.78 is 30.2. The number of halogens is 2. The van der Waals surface area contributed by atoms with E-state index in [-0.39, 0.29) is 6.61 Å². The molecule has 0 bridgehead atoms. The highest BCUT2D eigenvalue weighted by Gasteiger charge is 2.11. The average molecular weight is 174 g/mol. The molecule has 2 nitrogen and oxygen atoms in total. The van der Waals surface area contributed by atoms with Gasteiger partial charge in [0.05, 0.1) is 6.61 Å². The van der Waals surface area contributed by atoms with Gasteiger partial charge in [-0.15, -0.1) is 0 Å². The topological polar surface area (TPSA) is 29.5 Å². The summed E-state index contributed by atoms with van der Waals surface area (Å²) in [4.78, 5) is 0. The molecule has 0 saturated heterocycles. The Morgan fingerprint density at radius 2 is 1.83 bits per heavy atom. The van der Waals surface area contributed by atoms with Crippen LogP contribution in [0.15, 0.2) is 12.1 Å². The third-order valence-corrected chi connectivity index (χ3v) is 1.27. The van der Waals surface area contributed by atoms with Crippen LogP contribution in [-0.2, 0) is 0 Å². The number of rotatable bonds is 2. The Morgan fingerprint density at radius 3 is 2.25 bits per heavy atom. The van der Waals surface area contributed by atoms with Gasteiger partial charge in [0.25, 0.3) is 0 Å². The molecular weight excluding hydrogens is 166 g/mol. The fourth-order valence-corrected chi connectivity index (χ4v) is 0.829. The Hall–Kier alpha value is -1.32. The summed E-state index contributed by atoms with van der Waals surface area (Å²) in [6.45, 7) is 1.80. The predicted octanol–water partition coefficient (Wildman–Crippen LogP) is 2.07. The monoisotopic (exact) mass is 174 g/mol. The van der Waals surface area contributed by atoms with Crippen LogP contribution in [0.1, 0.15) is 6.92 Å². The first kappa shape index (κ1) is 8.77. The van der Waals surface area contributed by atoms with Crippen molar-refractivity contribution < 1.29 is 18.6 Å². The van der Waals surface area contributed by atoms with E-state index >= 15 is 0 Å². The fourth-order valence-electron chi connectivity index (χ4n) is 0.829. The summed E-state index contributed by atoms with van der Waals surface area (Å²) in [6.07, 6.45) is 0. The second-order valence-corrected chi connectivity index (χ2v) is 2.17. The standard InChI is InChI=1S/C8H8F2O2/c1-2-12-8-6(9)3-5(11)4-7(8)10/h3-4,11H,2H2,1H3. The summed E-state index contributed by atoms with van der Waals surface area (Å²) in [5.41, 5.74) is 0. The van der Waals surface area contributed by atoms with Crippen LogP contribution >= 0.6 is 0 Å². The zero-order valence-electron chi connectivity index (χ0n) is 6.47. The second-order valence-electron chi connectivity index (χ2n) is 2.17. The molecule has 0 aliphatic carbocycles. The van der Waals surface area contributed by atoms with E-state index in [1.54, 1.807) is 6.92 Å². The number of ether oxygens (including phenoxy) is 1. The Bertz CT molecular complexity index is 263. The van der Waals surface area contributed by atoms with Gasteiger partial charge in [-0.3, -0.25) is 0 Å². The Morgan fingerprint density at radius 1 is 1.33 bits per heavy atom. The van der Waals surface area contributed by atoms with Crippen LogP contribution in [0.25, 0.3) is 0 Å². The number of benzene rings is 1. The predicted molar refractivity (Wildman–Crippen MR) is 39.2 cm³/mol. The van der Waals surface area contributed by atoms with Crippen LogP contribution in [0.4, 0.5) is 8.78 Å². The second kappa shape index (κ2) is 3.38. The molecule has 0 spiro atoms. The van der Waals surface area contributed by atoms with Gasteiger partial charge in [0, 0.05) is 12.1 Å². The van der Waals surface area contributed by atoms with Gasteiger partial charge in [0.15, 0.2) is 17.4 Å². The molecule has 1 N–H and O–H groups in total. The summed E-state index contributed by atoms with van der Waals surface area (Å²) in [7, 11) is 0. The van der Waals surface area contributed by atoms with Crippen LogP contribution in [0.3, 0.4) is 0 Å². The Kier molecular flexibility index (Phi) is 2.47. The van der Waals surface area contributed by atoms with Crippen LogP contribution in [-0.4, -0.2) is 11.7 Å². The smallest absolute Gasteiger partial charge is 0.190 e. The normalized spacial score (nSPS) is 9.92. The Labute approximate surface area is 68.4 Å². The number of phenols is 1. The van der Waals surface area contributed by atoms with Gasteiger partial charge in [-0.05, 0) is 6.92 Å². The average Bonchev–Trinajstić information content (AvgIpc) is 1.96. The number of hydrogen-bond donors (Lipinski definition) is 1. The molecule has 1 aromatic carbocycles. The van der Waals surface area contributed by atoms with E-state index in [0.717, 1.165) is 12.1 Å². The molecule has 0 atom stereocenters. The molecule has 0 amide bonds. The van der Waals surface area contributed by atoms with Crippen LogP contribution in [0.5, 0.6) is 11.5 Å². The number of phenolic OH excluding ortho intramolecular Hbond substituents is 1. The highest BCUT2D eigenvalue weighted by atomic mass is 19.1. The van der Waals surface area contributed by atoms with E-state index in [4.69, 9.17) is 5.11 Å². The van der Waals surface area contributed by atoms with Gasteiger partial charge >= 0.3 is 0 Å². The molecule has 1 aromatic rings. The minimum Gasteiger partial charge on any atom is -0.508 e.